The molecular formula is C28H39N5O2. The Bertz CT molecular complexity index is 965. The van der Waals surface area contributed by atoms with E-state index >= 15 is 0 Å². The summed E-state index contributed by atoms with van der Waals surface area (Å²) in [4.78, 5) is 15.0. The maximum atomic E-state index is 5.49. The summed E-state index contributed by atoms with van der Waals surface area (Å²) in [7, 11) is 0. The summed E-state index contributed by atoms with van der Waals surface area (Å²) in [6, 6.07) is 10.7. The van der Waals surface area contributed by atoms with Gasteiger partial charge in [-0.05, 0) is 68.5 Å². The van der Waals surface area contributed by atoms with Crippen LogP contribution in [0.15, 0.2) is 36.7 Å². The minimum atomic E-state index is 0.419. The highest BCUT2D eigenvalue weighted by Gasteiger charge is 2.35. The number of ether oxygens (including phenoxy) is 2. The minimum absolute atomic E-state index is 0.419. The predicted octanol–water partition coefficient (Wildman–Crippen LogP) is 2.75. The first kappa shape index (κ1) is 23.5. The van der Waals surface area contributed by atoms with Crippen molar-refractivity contribution in [3.8, 4) is 0 Å². The number of nitrogens with zero attached hydrogens (tertiary/aromatic N) is 4. The maximum absolute atomic E-state index is 5.49. The number of hydrogen-bond donors (Lipinski definition) is 1. The minimum Gasteiger partial charge on any atom is -0.378 e. The van der Waals surface area contributed by atoms with Gasteiger partial charge in [-0.15, -0.1) is 0 Å². The number of rotatable bonds is 10. The Balaban J connectivity index is 1.12. The molecule has 0 spiro atoms. The molecule has 2 fully saturated rings. The molecule has 4 aliphatic rings. The first-order valence-corrected chi connectivity index (χ1v) is 13.6. The fraction of sp³-hybridized carbons (Fsp3) is 0.643. The van der Waals surface area contributed by atoms with E-state index in [9.17, 15) is 0 Å². The maximum Gasteiger partial charge on any atom is 0.0645 e. The smallest absolute Gasteiger partial charge is 0.0645 e. The summed E-state index contributed by atoms with van der Waals surface area (Å²) in [5, 5.41) is 3.80. The topological polar surface area (TPSA) is 62.8 Å². The first-order valence-electron chi connectivity index (χ1n) is 13.6. The van der Waals surface area contributed by atoms with E-state index in [0.29, 0.717) is 24.2 Å². The van der Waals surface area contributed by atoms with Gasteiger partial charge in [-0.3, -0.25) is 19.8 Å². The Hall–Kier alpha value is -1.90. The molecule has 5 heterocycles. The molecule has 35 heavy (non-hydrogen) atoms. The van der Waals surface area contributed by atoms with E-state index in [0.717, 1.165) is 65.4 Å². The second-order valence-corrected chi connectivity index (χ2v) is 10.7. The summed E-state index contributed by atoms with van der Waals surface area (Å²) in [6.07, 6.45) is 11.0. The molecule has 0 amide bonds. The van der Waals surface area contributed by atoms with Crippen LogP contribution in [-0.4, -0.2) is 84.0 Å². The van der Waals surface area contributed by atoms with Crippen LogP contribution in [0.5, 0.6) is 0 Å². The molecule has 2 saturated heterocycles. The highest BCUT2D eigenvalue weighted by atomic mass is 16.5. The van der Waals surface area contributed by atoms with Crippen molar-refractivity contribution in [2.45, 2.75) is 69.2 Å². The summed E-state index contributed by atoms with van der Waals surface area (Å²) in [6.45, 7) is 7.77. The summed E-state index contributed by atoms with van der Waals surface area (Å²) in [5.74, 6) is 0. The van der Waals surface area contributed by atoms with Crippen LogP contribution in [-0.2, 0) is 28.9 Å². The van der Waals surface area contributed by atoms with E-state index in [2.05, 4.69) is 38.3 Å². The third kappa shape index (κ3) is 5.30. The summed E-state index contributed by atoms with van der Waals surface area (Å²) < 4.78 is 11.0. The van der Waals surface area contributed by atoms with Gasteiger partial charge in [-0.2, -0.15) is 0 Å². The van der Waals surface area contributed by atoms with Crippen molar-refractivity contribution in [2.75, 3.05) is 46.1 Å². The second-order valence-electron chi connectivity index (χ2n) is 10.7. The molecular weight excluding hydrogens is 438 g/mol. The number of aromatic nitrogens is 2. The zero-order valence-corrected chi connectivity index (χ0v) is 20.8. The third-order valence-corrected chi connectivity index (χ3v) is 8.36. The van der Waals surface area contributed by atoms with Crippen molar-refractivity contribution in [3.05, 3.63) is 59.2 Å². The van der Waals surface area contributed by atoms with E-state index in [1.807, 2.05) is 18.5 Å². The van der Waals surface area contributed by atoms with Gasteiger partial charge >= 0.3 is 0 Å². The average Bonchev–Trinajstić information content (AvgIpc) is 2.83. The standard InChI is InChI=1S/C28H39N5O2/c1(2-13-33(24-17-34-18-24)25-19-35-20-25)12-32(27-9-3-6-21-7-4-11-30-28(21)27)16-23-14-26-22(15-31-23)8-5-10-29-26/h4-5,7-8,10-11,23-25,27,31H,1-3,6,9,12-20H2/t23-,27+/m1/s1. The first-order chi connectivity index (χ1) is 17.3. The molecule has 0 aromatic carbocycles. The lowest BCUT2D eigenvalue weighted by atomic mass is 9.90. The van der Waals surface area contributed by atoms with Gasteiger partial charge in [0, 0.05) is 43.6 Å². The molecule has 2 atom stereocenters. The Morgan fingerprint density at radius 1 is 0.914 bits per heavy atom. The predicted molar refractivity (Wildman–Crippen MR) is 135 cm³/mol. The molecule has 188 valence electrons. The highest BCUT2D eigenvalue weighted by molar-refractivity contribution is 5.26. The number of hydrogen-bond acceptors (Lipinski definition) is 7. The Morgan fingerprint density at radius 3 is 2.43 bits per heavy atom. The van der Waals surface area contributed by atoms with Crippen molar-refractivity contribution >= 4 is 0 Å². The van der Waals surface area contributed by atoms with Crippen LogP contribution in [0.3, 0.4) is 0 Å². The zero-order chi connectivity index (χ0) is 23.5. The molecule has 7 nitrogen and oxygen atoms in total. The number of unbranched alkanes of at least 4 members (excludes halogenated alkanes) is 1. The SMILES string of the molecule is c1cnc2c(c1)CN[C@@H](CN(CCCCN(C1COC1)C1COC1)[C@H]1CCCc3cccnc31)C2. The van der Waals surface area contributed by atoms with Gasteiger partial charge in [-0.25, -0.2) is 0 Å². The molecule has 0 bridgehead atoms. The van der Waals surface area contributed by atoms with Crippen molar-refractivity contribution in [1.82, 2.24) is 25.1 Å². The highest BCUT2D eigenvalue weighted by Crippen LogP contribution is 2.33. The van der Waals surface area contributed by atoms with Gasteiger partial charge in [0.05, 0.1) is 50.2 Å². The van der Waals surface area contributed by atoms with E-state index in [1.54, 1.807) is 0 Å². The van der Waals surface area contributed by atoms with E-state index in [1.165, 1.54) is 48.2 Å². The molecule has 2 aromatic heterocycles. The number of fused-ring (bicyclic) bond motifs is 2. The van der Waals surface area contributed by atoms with Crippen LogP contribution in [0, 0.1) is 0 Å². The van der Waals surface area contributed by atoms with E-state index in [4.69, 9.17) is 14.5 Å². The average molecular weight is 478 g/mol. The van der Waals surface area contributed by atoms with Crippen LogP contribution in [0.2, 0.25) is 0 Å². The number of aryl methyl sites for hydroxylation is 1. The molecule has 1 N–H and O–H groups in total. The monoisotopic (exact) mass is 477 g/mol. The van der Waals surface area contributed by atoms with Gasteiger partial charge in [0.15, 0.2) is 0 Å². The normalized spacial score (nSPS) is 24.6. The summed E-state index contributed by atoms with van der Waals surface area (Å²) in [5.41, 5.74) is 5.37. The van der Waals surface area contributed by atoms with Crippen molar-refractivity contribution in [1.29, 1.82) is 0 Å². The zero-order valence-electron chi connectivity index (χ0n) is 20.8. The van der Waals surface area contributed by atoms with Crippen molar-refractivity contribution in [3.63, 3.8) is 0 Å². The fourth-order valence-electron chi connectivity index (χ4n) is 6.20. The van der Waals surface area contributed by atoms with E-state index in [-0.39, 0.29) is 0 Å². The van der Waals surface area contributed by atoms with Crippen molar-refractivity contribution in [2.24, 2.45) is 0 Å². The lowest BCUT2D eigenvalue weighted by Crippen LogP contribution is -2.59. The second kappa shape index (κ2) is 11.0. The molecule has 6 rings (SSSR count). The molecule has 3 aliphatic heterocycles. The third-order valence-electron chi connectivity index (χ3n) is 8.36. The molecule has 0 radical (unpaired) electrons. The quantitative estimate of drug-likeness (QED) is 0.528. The molecule has 7 heteroatoms. The fourth-order valence-corrected chi connectivity index (χ4v) is 6.20. The van der Waals surface area contributed by atoms with Gasteiger partial charge in [0.25, 0.3) is 0 Å². The number of nitrogens with one attached hydrogen (secondary N) is 1. The van der Waals surface area contributed by atoms with Gasteiger partial charge in [-0.1, -0.05) is 12.1 Å². The molecule has 0 unspecified atom stereocenters. The van der Waals surface area contributed by atoms with Crippen LogP contribution in [0.1, 0.15) is 54.2 Å². The lowest BCUT2D eigenvalue weighted by Gasteiger charge is -2.45. The van der Waals surface area contributed by atoms with Gasteiger partial charge < -0.3 is 14.8 Å². The molecule has 1 aliphatic carbocycles. The molecule has 0 saturated carbocycles. The summed E-state index contributed by atoms with van der Waals surface area (Å²) >= 11 is 0. The van der Waals surface area contributed by atoms with Crippen molar-refractivity contribution < 1.29 is 9.47 Å². The number of pyridine rings is 2. The van der Waals surface area contributed by atoms with Gasteiger partial charge in [0.1, 0.15) is 0 Å². The Kier molecular flexibility index (Phi) is 7.39. The van der Waals surface area contributed by atoms with Crippen LogP contribution < -0.4 is 5.32 Å². The molecule has 2 aromatic rings. The van der Waals surface area contributed by atoms with E-state index < -0.39 is 0 Å². The van der Waals surface area contributed by atoms with Gasteiger partial charge in [0.2, 0.25) is 0 Å². The largest absolute Gasteiger partial charge is 0.378 e. The van der Waals surface area contributed by atoms with Crippen LogP contribution in [0.25, 0.3) is 0 Å². The van der Waals surface area contributed by atoms with Crippen LogP contribution >= 0.6 is 0 Å². The Labute approximate surface area is 209 Å². The lowest BCUT2D eigenvalue weighted by molar-refractivity contribution is -0.137. The Morgan fingerprint density at radius 2 is 1.66 bits per heavy atom. The van der Waals surface area contributed by atoms with Crippen LogP contribution in [0.4, 0.5) is 0 Å².